The molecule has 0 aliphatic rings. The van der Waals surface area contributed by atoms with Crippen LogP contribution in [0.3, 0.4) is 0 Å². The van der Waals surface area contributed by atoms with Gasteiger partial charge in [0.1, 0.15) is 30.2 Å². The average Bonchev–Trinajstić information content (AvgIpc) is 3.15. The zero-order valence-corrected chi connectivity index (χ0v) is 15.6. The van der Waals surface area contributed by atoms with Gasteiger partial charge in [0, 0.05) is 23.0 Å². The molecule has 2 aromatic heterocycles. The molecule has 0 spiro atoms. The van der Waals surface area contributed by atoms with Crippen LogP contribution in [0.5, 0.6) is 5.75 Å². The average molecular weight is 356 g/mol. The number of aromatic nitrogens is 2. The Kier molecular flexibility index (Phi) is 5.15. The fourth-order valence-corrected chi connectivity index (χ4v) is 3.26. The summed E-state index contributed by atoms with van der Waals surface area (Å²) in [4.78, 5) is 0. The molecule has 0 unspecified atom stereocenters. The molecule has 0 radical (unpaired) electrons. The van der Waals surface area contributed by atoms with E-state index in [0.717, 1.165) is 35.1 Å². The molecule has 1 aromatic carbocycles. The quantitative estimate of drug-likeness (QED) is 0.632. The normalized spacial score (nSPS) is 13.7. The van der Waals surface area contributed by atoms with Crippen molar-refractivity contribution in [2.45, 2.75) is 46.4 Å². The first-order valence-electron chi connectivity index (χ1n) is 8.78. The molecule has 0 aliphatic heterocycles. The molecule has 3 aromatic rings. The summed E-state index contributed by atoms with van der Waals surface area (Å²) in [5.41, 5.74) is 4.23. The molecule has 0 saturated heterocycles. The summed E-state index contributed by atoms with van der Waals surface area (Å²) >= 11 is 0. The highest BCUT2D eigenvalue weighted by molar-refractivity contribution is 5.36. The minimum atomic E-state index is -0.600. The molecule has 2 heterocycles. The molecule has 26 heavy (non-hydrogen) atoms. The smallest absolute Gasteiger partial charge is 0.180 e. The third-order valence-electron chi connectivity index (χ3n) is 4.82. The van der Waals surface area contributed by atoms with E-state index in [1.54, 1.807) is 24.3 Å². The number of hydrogen-bond donors (Lipinski definition) is 3. The number of phenols is 1. The third-order valence-corrected chi connectivity index (χ3v) is 4.82. The number of hydrogen-bond acceptors (Lipinski definition) is 4. The monoisotopic (exact) mass is 356 g/mol. The van der Waals surface area contributed by atoms with Gasteiger partial charge in [0.15, 0.2) is 5.82 Å². The molecule has 6 heteroatoms. The van der Waals surface area contributed by atoms with E-state index in [4.69, 9.17) is 4.52 Å². The fraction of sp³-hybridized carbons (Fsp3) is 0.350. The van der Waals surface area contributed by atoms with Gasteiger partial charge in [0.2, 0.25) is 0 Å². The van der Waals surface area contributed by atoms with Gasteiger partial charge in [-0.3, -0.25) is 4.57 Å². The minimum absolute atomic E-state index is 0.0168. The number of phenolic OH excluding ortho intramolecular Hbond substituents is 1. The van der Waals surface area contributed by atoms with Crippen LogP contribution in [0.4, 0.5) is 0 Å². The molecule has 3 rings (SSSR count). The Balaban J connectivity index is 1.70. The van der Waals surface area contributed by atoms with Crippen molar-refractivity contribution in [2.24, 2.45) is 0 Å². The summed E-state index contributed by atoms with van der Waals surface area (Å²) in [5.74, 6) is 1.78. The summed E-state index contributed by atoms with van der Waals surface area (Å²) in [6.07, 6.45) is -0.600. The van der Waals surface area contributed by atoms with Crippen molar-refractivity contribution >= 4 is 0 Å². The Morgan fingerprint density at radius 3 is 2.46 bits per heavy atom. The van der Waals surface area contributed by atoms with Crippen LogP contribution in [0.1, 0.15) is 41.3 Å². The van der Waals surface area contributed by atoms with Crippen molar-refractivity contribution < 1.29 is 20.1 Å². The van der Waals surface area contributed by atoms with Crippen LogP contribution in [-0.4, -0.2) is 26.0 Å². The van der Waals surface area contributed by atoms with Gasteiger partial charge < -0.3 is 20.1 Å². The van der Waals surface area contributed by atoms with Crippen molar-refractivity contribution in [3.63, 3.8) is 0 Å². The van der Waals surface area contributed by atoms with Crippen molar-refractivity contribution in [3.8, 4) is 11.6 Å². The second kappa shape index (κ2) is 7.35. The van der Waals surface area contributed by atoms with E-state index < -0.39 is 6.10 Å². The van der Waals surface area contributed by atoms with E-state index in [0.29, 0.717) is 0 Å². The number of aryl methyl sites for hydroxylation is 2. The molecule has 2 atom stereocenters. The first-order chi connectivity index (χ1) is 12.4. The summed E-state index contributed by atoms with van der Waals surface area (Å²) in [5, 5.41) is 26.1. The molecule has 0 saturated carbocycles. The highest BCUT2D eigenvalue weighted by atomic mass is 16.5. The van der Waals surface area contributed by atoms with E-state index in [1.165, 1.54) is 5.56 Å². The first kappa shape index (κ1) is 18.2. The number of aromatic hydroxyl groups is 1. The van der Waals surface area contributed by atoms with E-state index in [9.17, 15) is 10.2 Å². The maximum Gasteiger partial charge on any atom is 0.180 e. The van der Waals surface area contributed by atoms with Crippen LogP contribution in [0.2, 0.25) is 0 Å². The number of quaternary nitrogens is 1. The van der Waals surface area contributed by atoms with Gasteiger partial charge >= 0.3 is 0 Å². The highest BCUT2D eigenvalue weighted by Crippen LogP contribution is 2.21. The highest BCUT2D eigenvalue weighted by Gasteiger charge is 2.21. The summed E-state index contributed by atoms with van der Waals surface area (Å²) < 4.78 is 7.28. The lowest BCUT2D eigenvalue weighted by molar-refractivity contribution is -0.709. The lowest BCUT2D eigenvalue weighted by Crippen LogP contribution is -2.89. The number of aliphatic hydroxyl groups is 1. The van der Waals surface area contributed by atoms with Gasteiger partial charge in [-0.25, -0.2) is 0 Å². The maximum atomic E-state index is 10.5. The van der Waals surface area contributed by atoms with Crippen LogP contribution < -0.4 is 5.32 Å². The Hall–Kier alpha value is -2.57. The van der Waals surface area contributed by atoms with E-state index in [-0.39, 0.29) is 11.8 Å². The van der Waals surface area contributed by atoms with Crippen LogP contribution >= 0.6 is 0 Å². The molecule has 0 aliphatic carbocycles. The largest absolute Gasteiger partial charge is 0.508 e. The minimum Gasteiger partial charge on any atom is -0.508 e. The van der Waals surface area contributed by atoms with Crippen molar-refractivity contribution in [1.82, 2.24) is 9.72 Å². The Bertz CT molecular complexity index is 880. The number of aliphatic hydroxyl groups excluding tert-OH is 1. The first-order valence-corrected chi connectivity index (χ1v) is 8.78. The summed E-state index contributed by atoms with van der Waals surface area (Å²) in [6.45, 7) is 8.76. The van der Waals surface area contributed by atoms with Crippen LogP contribution in [0.25, 0.3) is 5.82 Å². The number of benzene rings is 1. The van der Waals surface area contributed by atoms with Gasteiger partial charge in [-0.1, -0.05) is 17.3 Å². The van der Waals surface area contributed by atoms with E-state index >= 15 is 0 Å². The second-order valence-electron chi connectivity index (χ2n) is 6.86. The molecular formula is C20H26N3O3+. The van der Waals surface area contributed by atoms with Crippen molar-refractivity contribution in [2.75, 3.05) is 0 Å². The van der Waals surface area contributed by atoms with Crippen molar-refractivity contribution in [1.29, 1.82) is 0 Å². The number of nitrogens with two attached hydrogens (primary N) is 1. The van der Waals surface area contributed by atoms with E-state index in [2.05, 4.69) is 35.0 Å². The Morgan fingerprint density at radius 1 is 1.15 bits per heavy atom. The molecule has 0 amide bonds. The predicted octanol–water partition coefficient (Wildman–Crippen LogP) is 2.28. The van der Waals surface area contributed by atoms with Crippen LogP contribution in [0.15, 0.2) is 40.9 Å². The standard InChI is InChI=1S/C20H25N3O3/c1-12-9-17(15(4)23(12)19-10-13(2)26-22-19)11-21-14(3)20(25)16-5-7-18(24)8-6-16/h5-10,14,20-21,24-25H,11H2,1-4H3/p+1/t14-,20-/m0/s1. The zero-order chi connectivity index (χ0) is 18.8. The van der Waals surface area contributed by atoms with Crippen LogP contribution in [0, 0.1) is 20.8 Å². The number of nitrogens with zero attached hydrogens (tertiary/aromatic N) is 2. The Labute approximate surface area is 153 Å². The second-order valence-corrected chi connectivity index (χ2v) is 6.86. The summed E-state index contributed by atoms with van der Waals surface area (Å²) in [7, 11) is 0. The summed E-state index contributed by atoms with van der Waals surface area (Å²) in [6, 6.07) is 10.8. The van der Waals surface area contributed by atoms with Gasteiger partial charge in [0.05, 0.1) is 0 Å². The van der Waals surface area contributed by atoms with Gasteiger partial charge in [-0.2, -0.15) is 0 Å². The van der Waals surface area contributed by atoms with Gasteiger partial charge in [-0.15, -0.1) is 0 Å². The lowest BCUT2D eigenvalue weighted by Gasteiger charge is -2.18. The molecular weight excluding hydrogens is 330 g/mol. The van der Waals surface area contributed by atoms with Gasteiger partial charge in [-0.05, 0) is 51.5 Å². The fourth-order valence-electron chi connectivity index (χ4n) is 3.26. The molecule has 138 valence electrons. The third kappa shape index (κ3) is 3.66. The molecule has 4 N–H and O–H groups in total. The van der Waals surface area contributed by atoms with E-state index in [1.807, 2.05) is 19.9 Å². The zero-order valence-electron chi connectivity index (χ0n) is 15.6. The number of rotatable bonds is 6. The maximum absolute atomic E-state index is 10.5. The predicted molar refractivity (Wildman–Crippen MR) is 98.2 cm³/mol. The topological polar surface area (TPSA) is 88.0 Å². The molecule has 6 nitrogen and oxygen atoms in total. The SMILES string of the molecule is Cc1cc(-n2c(C)cc(C[NH2+][C@@H](C)[C@H](O)c3ccc(O)cc3)c2C)no1. The molecule has 0 fully saturated rings. The van der Waals surface area contributed by atoms with Gasteiger partial charge in [0.25, 0.3) is 0 Å². The Morgan fingerprint density at radius 2 is 1.85 bits per heavy atom. The molecule has 0 bridgehead atoms. The van der Waals surface area contributed by atoms with Crippen molar-refractivity contribution in [3.05, 3.63) is 64.7 Å². The van der Waals surface area contributed by atoms with Crippen LogP contribution in [-0.2, 0) is 6.54 Å². The lowest BCUT2D eigenvalue weighted by atomic mass is 10.0.